The summed E-state index contributed by atoms with van der Waals surface area (Å²) < 4.78 is 43.7. The molecule has 4 rings (SSSR count). The Morgan fingerprint density at radius 3 is 2.46 bits per heavy atom. The van der Waals surface area contributed by atoms with E-state index < -0.39 is 18.0 Å². The first-order chi connectivity index (χ1) is 13.4. The molecule has 148 valence electrons. The Kier molecular flexibility index (Phi) is 4.82. The molecule has 1 unspecified atom stereocenters. The molecule has 1 atom stereocenters. The lowest BCUT2D eigenvalue weighted by Gasteiger charge is -2.37. The van der Waals surface area contributed by atoms with Gasteiger partial charge in [0.05, 0.1) is 0 Å². The second kappa shape index (κ2) is 7.29. The van der Waals surface area contributed by atoms with Crippen molar-refractivity contribution < 1.29 is 22.7 Å². The van der Waals surface area contributed by atoms with E-state index in [2.05, 4.69) is 10.2 Å². The van der Waals surface area contributed by atoms with E-state index in [4.69, 9.17) is 4.74 Å². The van der Waals surface area contributed by atoms with E-state index >= 15 is 0 Å². The van der Waals surface area contributed by atoms with Crippen LogP contribution in [-0.4, -0.2) is 53.3 Å². The molecule has 28 heavy (non-hydrogen) atoms. The zero-order valence-electron chi connectivity index (χ0n) is 15.0. The van der Waals surface area contributed by atoms with Crippen LogP contribution in [0.25, 0.3) is 0 Å². The van der Waals surface area contributed by atoms with Crippen LogP contribution in [0.2, 0.25) is 0 Å². The van der Waals surface area contributed by atoms with E-state index in [-0.39, 0.29) is 5.91 Å². The first-order valence-electron chi connectivity index (χ1n) is 9.11. The molecule has 0 bridgehead atoms. The average Bonchev–Trinajstić information content (AvgIpc) is 2.72. The third kappa shape index (κ3) is 3.74. The average molecular weight is 392 g/mol. The number of amides is 1. The highest BCUT2D eigenvalue weighted by Crippen LogP contribution is 2.29. The van der Waals surface area contributed by atoms with Crippen molar-refractivity contribution in [2.24, 2.45) is 0 Å². The number of alkyl halides is 3. The van der Waals surface area contributed by atoms with Crippen molar-refractivity contribution in [2.45, 2.75) is 25.1 Å². The third-order valence-corrected chi connectivity index (χ3v) is 5.05. The van der Waals surface area contributed by atoms with Gasteiger partial charge in [0.15, 0.2) is 17.6 Å². The molecule has 0 radical (unpaired) electrons. The maximum absolute atomic E-state index is 12.8. The standard InChI is InChI=1S/C19H19F3N4O2/c20-19(21,22)16-7-8-17(24-23-16)25-9-11-26(12-10-25)18(27)15-6-5-13-3-1-2-4-14(13)28-15/h1-4,7-8,15H,5-6,9-12H2. The van der Waals surface area contributed by atoms with Gasteiger partial charge >= 0.3 is 6.18 Å². The van der Waals surface area contributed by atoms with Gasteiger partial charge in [-0.05, 0) is 36.6 Å². The predicted octanol–water partition coefficient (Wildman–Crippen LogP) is 2.54. The Morgan fingerprint density at radius 2 is 1.79 bits per heavy atom. The minimum atomic E-state index is -4.50. The van der Waals surface area contributed by atoms with Crippen molar-refractivity contribution in [3.63, 3.8) is 0 Å². The Hall–Kier alpha value is -2.84. The second-order valence-corrected chi connectivity index (χ2v) is 6.84. The molecule has 0 aliphatic carbocycles. The lowest BCUT2D eigenvalue weighted by atomic mass is 10.0. The van der Waals surface area contributed by atoms with Crippen molar-refractivity contribution in [2.75, 3.05) is 31.1 Å². The molecule has 2 aliphatic heterocycles. The number of hydrogen-bond donors (Lipinski definition) is 0. The van der Waals surface area contributed by atoms with Crippen LogP contribution < -0.4 is 9.64 Å². The molecule has 0 N–H and O–H groups in total. The molecule has 0 spiro atoms. The van der Waals surface area contributed by atoms with E-state index in [1.807, 2.05) is 29.2 Å². The summed E-state index contributed by atoms with van der Waals surface area (Å²) in [5.41, 5.74) is 0.0945. The van der Waals surface area contributed by atoms with Gasteiger partial charge in [0, 0.05) is 26.2 Å². The number of rotatable bonds is 2. The molecule has 1 fully saturated rings. The van der Waals surface area contributed by atoms with Crippen LogP contribution >= 0.6 is 0 Å². The van der Waals surface area contributed by atoms with Crippen molar-refractivity contribution in [1.82, 2.24) is 15.1 Å². The summed E-state index contributed by atoms with van der Waals surface area (Å²) >= 11 is 0. The largest absolute Gasteiger partial charge is 0.480 e. The van der Waals surface area contributed by atoms with Crippen LogP contribution in [0.5, 0.6) is 5.75 Å². The number of para-hydroxylation sites is 1. The Morgan fingerprint density at radius 1 is 1.04 bits per heavy atom. The minimum Gasteiger partial charge on any atom is -0.480 e. The molecular formula is C19H19F3N4O2. The van der Waals surface area contributed by atoms with Gasteiger partial charge in [-0.1, -0.05) is 18.2 Å². The van der Waals surface area contributed by atoms with E-state index in [1.54, 1.807) is 4.90 Å². The van der Waals surface area contributed by atoms with Crippen molar-refractivity contribution in [1.29, 1.82) is 0 Å². The molecule has 1 aromatic heterocycles. The highest BCUT2D eigenvalue weighted by Gasteiger charge is 2.34. The Bertz CT molecular complexity index is 849. The molecule has 6 nitrogen and oxygen atoms in total. The second-order valence-electron chi connectivity index (χ2n) is 6.84. The van der Waals surface area contributed by atoms with Crippen LogP contribution in [0.3, 0.4) is 0 Å². The zero-order valence-corrected chi connectivity index (χ0v) is 15.0. The number of benzene rings is 1. The van der Waals surface area contributed by atoms with Gasteiger partial charge in [-0.15, -0.1) is 10.2 Å². The van der Waals surface area contributed by atoms with E-state index in [9.17, 15) is 18.0 Å². The van der Waals surface area contributed by atoms with Gasteiger partial charge in [-0.2, -0.15) is 13.2 Å². The van der Waals surface area contributed by atoms with E-state index in [1.165, 1.54) is 6.07 Å². The highest BCUT2D eigenvalue weighted by molar-refractivity contribution is 5.82. The zero-order chi connectivity index (χ0) is 19.7. The SMILES string of the molecule is O=C(C1CCc2ccccc2O1)N1CCN(c2ccc(C(F)(F)F)nn2)CC1. The number of carbonyl (C=O) groups excluding carboxylic acids is 1. The lowest BCUT2D eigenvalue weighted by molar-refractivity contribution is -0.142. The van der Waals surface area contributed by atoms with Gasteiger partial charge in [-0.3, -0.25) is 4.79 Å². The molecule has 3 heterocycles. The van der Waals surface area contributed by atoms with Crippen LogP contribution in [0.15, 0.2) is 36.4 Å². The quantitative estimate of drug-likeness (QED) is 0.786. The number of halogens is 3. The summed E-state index contributed by atoms with van der Waals surface area (Å²) in [5, 5.41) is 6.94. The fourth-order valence-corrected chi connectivity index (χ4v) is 3.50. The summed E-state index contributed by atoms with van der Waals surface area (Å²) in [7, 11) is 0. The third-order valence-electron chi connectivity index (χ3n) is 5.05. The van der Waals surface area contributed by atoms with E-state index in [0.29, 0.717) is 38.4 Å². The first-order valence-corrected chi connectivity index (χ1v) is 9.11. The number of ether oxygens (including phenoxy) is 1. The summed E-state index contributed by atoms with van der Waals surface area (Å²) in [4.78, 5) is 16.4. The van der Waals surface area contributed by atoms with Gasteiger partial charge in [0.2, 0.25) is 0 Å². The van der Waals surface area contributed by atoms with E-state index in [0.717, 1.165) is 23.8 Å². The molecule has 2 aliphatic rings. The fraction of sp³-hybridized carbons (Fsp3) is 0.421. The maximum Gasteiger partial charge on any atom is 0.435 e. The number of carbonyl (C=O) groups is 1. The molecule has 1 amide bonds. The number of aryl methyl sites for hydroxylation is 1. The van der Waals surface area contributed by atoms with Gasteiger partial charge < -0.3 is 14.5 Å². The van der Waals surface area contributed by atoms with Gasteiger partial charge in [0.25, 0.3) is 5.91 Å². The Balaban J connectivity index is 1.35. The van der Waals surface area contributed by atoms with Crippen LogP contribution in [-0.2, 0) is 17.4 Å². The summed E-state index contributed by atoms with van der Waals surface area (Å²) in [6.07, 6.45) is -3.56. The summed E-state index contributed by atoms with van der Waals surface area (Å²) in [6.45, 7) is 1.89. The fourth-order valence-electron chi connectivity index (χ4n) is 3.50. The number of fused-ring (bicyclic) bond motifs is 1. The number of anilines is 1. The van der Waals surface area contributed by atoms with Crippen molar-refractivity contribution in [3.8, 4) is 5.75 Å². The molecule has 1 aromatic carbocycles. The molecule has 2 aromatic rings. The Labute approximate surface area is 159 Å². The van der Waals surface area contributed by atoms with Crippen molar-refractivity contribution >= 4 is 11.7 Å². The van der Waals surface area contributed by atoms with Gasteiger partial charge in [-0.25, -0.2) is 0 Å². The normalized spacial score (nSPS) is 19.8. The molecule has 1 saturated heterocycles. The maximum atomic E-state index is 12.8. The predicted molar refractivity (Wildman–Crippen MR) is 95.0 cm³/mol. The lowest BCUT2D eigenvalue weighted by Crippen LogP contribution is -2.53. The smallest absolute Gasteiger partial charge is 0.435 e. The monoisotopic (exact) mass is 392 g/mol. The highest BCUT2D eigenvalue weighted by atomic mass is 19.4. The molecule has 0 saturated carbocycles. The minimum absolute atomic E-state index is 0.0485. The topological polar surface area (TPSA) is 58.6 Å². The summed E-state index contributed by atoms with van der Waals surface area (Å²) in [6, 6.07) is 9.95. The van der Waals surface area contributed by atoms with Crippen LogP contribution in [0, 0.1) is 0 Å². The van der Waals surface area contributed by atoms with Crippen LogP contribution in [0.1, 0.15) is 17.7 Å². The van der Waals surface area contributed by atoms with Crippen molar-refractivity contribution in [3.05, 3.63) is 47.7 Å². The van der Waals surface area contributed by atoms with Gasteiger partial charge in [0.1, 0.15) is 5.75 Å². The number of nitrogens with zero attached hydrogens (tertiary/aromatic N) is 4. The molecular weight excluding hydrogens is 373 g/mol. The number of hydrogen-bond acceptors (Lipinski definition) is 5. The molecule has 9 heteroatoms. The number of aromatic nitrogens is 2. The number of piperazine rings is 1. The first kappa shape index (κ1) is 18.5. The summed E-state index contributed by atoms with van der Waals surface area (Å²) in [5.74, 6) is 1.08. The van der Waals surface area contributed by atoms with Crippen LogP contribution in [0.4, 0.5) is 19.0 Å².